The minimum atomic E-state index is -0.230. The Morgan fingerprint density at radius 3 is 2.62 bits per heavy atom. The van der Waals surface area contributed by atoms with Gasteiger partial charge in [0, 0.05) is 14.5 Å². The molecule has 108 valence electrons. The molecular formula is C15H12Br2N2OS. The summed E-state index contributed by atoms with van der Waals surface area (Å²) in [6.45, 7) is 1.90. The first-order valence-electron chi connectivity index (χ1n) is 6.06. The van der Waals surface area contributed by atoms with Gasteiger partial charge >= 0.3 is 0 Å². The van der Waals surface area contributed by atoms with Gasteiger partial charge in [0.25, 0.3) is 5.91 Å². The number of rotatable bonds is 3. The van der Waals surface area contributed by atoms with Crippen LogP contribution in [0.2, 0.25) is 0 Å². The van der Waals surface area contributed by atoms with Gasteiger partial charge in [-0.15, -0.1) is 0 Å². The van der Waals surface area contributed by atoms with Gasteiger partial charge in [-0.1, -0.05) is 40.3 Å². The van der Waals surface area contributed by atoms with Crippen molar-refractivity contribution in [2.45, 2.75) is 6.92 Å². The van der Waals surface area contributed by atoms with Crippen LogP contribution < -0.4 is 11.1 Å². The average Bonchev–Trinajstić information content (AvgIpc) is 2.41. The van der Waals surface area contributed by atoms with Gasteiger partial charge < -0.3 is 11.1 Å². The monoisotopic (exact) mass is 426 g/mol. The summed E-state index contributed by atoms with van der Waals surface area (Å²) in [7, 11) is 0. The van der Waals surface area contributed by atoms with Crippen LogP contribution in [0.25, 0.3) is 0 Å². The Kier molecular flexibility index (Phi) is 5.13. The molecule has 0 heterocycles. The van der Waals surface area contributed by atoms with Gasteiger partial charge in [-0.3, -0.25) is 4.79 Å². The molecule has 0 saturated carbocycles. The Morgan fingerprint density at radius 2 is 1.95 bits per heavy atom. The van der Waals surface area contributed by atoms with Crippen LogP contribution in [-0.2, 0) is 0 Å². The predicted molar refractivity (Wildman–Crippen MR) is 96.9 cm³/mol. The average molecular weight is 428 g/mol. The number of hydrogen-bond donors (Lipinski definition) is 2. The lowest BCUT2D eigenvalue weighted by Gasteiger charge is -2.13. The van der Waals surface area contributed by atoms with Crippen molar-refractivity contribution in [3.05, 3.63) is 62.0 Å². The maximum Gasteiger partial charge on any atom is 0.256 e. The number of benzene rings is 2. The Balaban J connectivity index is 2.39. The van der Waals surface area contributed by atoms with E-state index in [2.05, 4.69) is 37.2 Å². The van der Waals surface area contributed by atoms with Crippen molar-refractivity contribution in [3.8, 4) is 0 Å². The molecule has 21 heavy (non-hydrogen) atoms. The molecule has 3 N–H and O–H groups in total. The predicted octanol–water partition coefficient (Wildman–Crippen LogP) is 4.41. The molecule has 0 bridgehead atoms. The second kappa shape index (κ2) is 6.68. The lowest BCUT2D eigenvalue weighted by molar-refractivity contribution is 0.102. The third-order valence-corrected chi connectivity index (χ3v) is 4.33. The van der Waals surface area contributed by atoms with Gasteiger partial charge in [-0.2, -0.15) is 0 Å². The molecule has 0 aliphatic rings. The lowest BCUT2D eigenvalue weighted by Crippen LogP contribution is -2.19. The molecule has 0 saturated heterocycles. The highest BCUT2D eigenvalue weighted by molar-refractivity contribution is 9.11. The minimum absolute atomic E-state index is 0.230. The maximum atomic E-state index is 12.4. The largest absolute Gasteiger partial charge is 0.389 e. The third kappa shape index (κ3) is 3.70. The molecule has 0 atom stereocenters. The molecule has 0 unspecified atom stereocenters. The summed E-state index contributed by atoms with van der Waals surface area (Å²) in [4.78, 5) is 12.7. The van der Waals surface area contributed by atoms with Crippen LogP contribution in [0, 0.1) is 6.92 Å². The van der Waals surface area contributed by atoms with Gasteiger partial charge in [0.05, 0.1) is 11.3 Å². The number of nitrogens with two attached hydrogens (primary N) is 1. The number of anilines is 1. The van der Waals surface area contributed by atoms with Crippen LogP contribution in [0.15, 0.2) is 45.3 Å². The zero-order valence-corrected chi connectivity index (χ0v) is 15.1. The third-order valence-electron chi connectivity index (χ3n) is 2.94. The number of hydrogen-bond acceptors (Lipinski definition) is 2. The van der Waals surface area contributed by atoms with Crippen molar-refractivity contribution in [1.82, 2.24) is 0 Å². The van der Waals surface area contributed by atoms with Crippen molar-refractivity contribution in [2.24, 2.45) is 5.73 Å². The summed E-state index contributed by atoms with van der Waals surface area (Å²) < 4.78 is 1.54. The van der Waals surface area contributed by atoms with Gasteiger partial charge in [0.15, 0.2) is 0 Å². The molecule has 2 aromatic carbocycles. The number of nitrogens with one attached hydrogen (secondary N) is 1. The molecule has 0 fully saturated rings. The molecule has 1 amide bonds. The maximum absolute atomic E-state index is 12.4. The van der Waals surface area contributed by atoms with E-state index in [1.54, 1.807) is 12.1 Å². The minimum Gasteiger partial charge on any atom is -0.389 e. The second-order valence-corrected chi connectivity index (χ2v) is 6.65. The number of amides is 1. The standard InChI is InChI=1S/C15H12Br2N2OS/c1-8-3-2-4-12(13(8)14(18)21)19-15(20)10-7-9(16)5-6-11(10)17/h2-7H,1H3,(H2,18,21)(H,19,20). The van der Waals surface area contributed by atoms with E-state index in [-0.39, 0.29) is 10.9 Å². The summed E-state index contributed by atoms with van der Waals surface area (Å²) in [5.74, 6) is -0.230. The lowest BCUT2D eigenvalue weighted by atomic mass is 10.1. The van der Waals surface area contributed by atoms with E-state index in [1.807, 2.05) is 31.2 Å². The Bertz CT molecular complexity index is 732. The highest BCUT2D eigenvalue weighted by Crippen LogP contribution is 2.24. The molecule has 0 spiro atoms. The molecule has 2 rings (SSSR count). The van der Waals surface area contributed by atoms with E-state index < -0.39 is 0 Å². The van der Waals surface area contributed by atoms with Crippen molar-refractivity contribution in [1.29, 1.82) is 0 Å². The van der Waals surface area contributed by atoms with Gasteiger partial charge in [-0.25, -0.2) is 0 Å². The number of carbonyl (C=O) groups excluding carboxylic acids is 1. The molecule has 3 nitrogen and oxygen atoms in total. The Hall–Kier alpha value is -1.24. The fraction of sp³-hybridized carbons (Fsp3) is 0.0667. The van der Waals surface area contributed by atoms with Crippen LogP contribution in [-0.4, -0.2) is 10.9 Å². The van der Waals surface area contributed by atoms with Crippen molar-refractivity contribution < 1.29 is 4.79 Å². The van der Waals surface area contributed by atoms with Crippen LogP contribution >= 0.6 is 44.1 Å². The molecule has 6 heteroatoms. The zero-order valence-electron chi connectivity index (χ0n) is 11.1. The van der Waals surface area contributed by atoms with E-state index in [4.69, 9.17) is 18.0 Å². The Morgan fingerprint density at radius 1 is 1.24 bits per heavy atom. The SMILES string of the molecule is Cc1cccc(NC(=O)c2cc(Br)ccc2Br)c1C(N)=S. The van der Waals surface area contributed by atoms with Crippen molar-refractivity contribution >= 4 is 60.7 Å². The van der Waals surface area contributed by atoms with Crippen LogP contribution in [0.4, 0.5) is 5.69 Å². The normalized spacial score (nSPS) is 10.2. The van der Waals surface area contributed by atoms with E-state index in [0.717, 1.165) is 10.0 Å². The van der Waals surface area contributed by atoms with E-state index in [0.29, 0.717) is 21.3 Å². The van der Waals surface area contributed by atoms with Crippen LogP contribution in [0.1, 0.15) is 21.5 Å². The quantitative estimate of drug-likeness (QED) is 0.713. The van der Waals surface area contributed by atoms with E-state index >= 15 is 0 Å². The van der Waals surface area contributed by atoms with Crippen molar-refractivity contribution in [2.75, 3.05) is 5.32 Å². The molecule has 0 radical (unpaired) electrons. The summed E-state index contributed by atoms with van der Waals surface area (Å²) in [5.41, 5.74) is 8.50. The first-order valence-corrected chi connectivity index (χ1v) is 8.05. The molecule has 0 aromatic heterocycles. The van der Waals surface area contributed by atoms with Crippen LogP contribution in [0.5, 0.6) is 0 Å². The second-order valence-electron chi connectivity index (χ2n) is 4.44. The molecule has 2 aromatic rings. The summed E-state index contributed by atoms with van der Waals surface area (Å²) in [6.07, 6.45) is 0. The van der Waals surface area contributed by atoms with E-state index in [1.165, 1.54) is 0 Å². The highest BCUT2D eigenvalue weighted by atomic mass is 79.9. The fourth-order valence-corrected chi connectivity index (χ4v) is 3.02. The smallest absolute Gasteiger partial charge is 0.256 e. The van der Waals surface area contributed by atoms with Crippen LogP contribution in [0.3, 0.4) is 0 Å². The van der Waals surface area contributed by atoms with Gasteiger partial charge in [-0.05, 0) is 52.7 Å². The molecule has 0 aliphatic carbocycles. The number of aryl methyl sites for hydroxylation is 1. The Labute approximate surface area is 145 Å². The highest BCUT2D eigenvalue weighted by Gasteiger charge is 2.14. The first-order chi connectivity index (χ1) is 9.90. The number of halogens is 2. The summed E-state index contributed by atoms with van der Waals surface area (Å²) in [5, 5.41) is 2.86. The van der Waals surface area contributed by atoms with Crippen molar-refractivity contribution in [3.63, 3.8) is 0 Å². The molecule has 0 aliphatic heterocycles. The summed E-state index contributed by atoms with van der Waals surface area (Å²) in [6, 6.07) is 10.9. The van der Waals surface area contributed by atoms with Gasteiger partial charge in [0.1, 0.15) is 4.99 Å². The van der Waals surface area contributed by atoms with Gasteiger partial charge in [0.2, 0.25) is 0 Å². The topological polar surface area (TPSA) is 55.1 Å². The fourth-order valence-electron chi connectivity index (χ4n) is 1.96. The van der Waals surface area contributed by atoms with E-state index in [9.17, 15) is 4.79 Å². The number of carbonyl (C=O) groups is 1. The zero-order chi connectivity index (χ0) is 15.6. The molecular weight excluding hydrogens is 416 g/mol. The first kappa shape index (κ1) is 16.1. The summed E-state index contributed by atoms with van der Waals surface area (Å²) >= 11 is 11.8. The number of thiocarbonyl (C=S) groups is 1.